The molecule has 2 rings (SSSR count). The first-order valence-corrected chi connectivity index (χ1v) is 8.48. The molecule has 0 saturated carbocycles. The van der Waals surface area contributed by atoms with Gasteiger partial charge in [-0.05, 0) is 18.1 Å². The summed E-state index contributed by atoms with van der Waals surface area (Å²) in [6.07, 6.45) is 0.126. The van der Waals surface area contributed by atoms with Crippen molar-refractivity contribution in [1.82, 2.24) is 10.6 Å². The number of halogens is 1. The topological polar surface area (TPSA) is 61.4 Å². The Morgan fingerprint density at radius 1 is 1.16 bits per heavy atom. The Hall–Kier alpha value is -2.40. The molecule has 5 heteroatoms. The van der Waals surface area contributed by atoms with Gasteiger partial charge in [0.15, 0.2) is 0 Å². The number of benzene rings is 2. The first-order valence-electron chi connectivity index (χ1n) is 8.48. The van der Waals surface area contributed by atoms with Gasteiger partial charge in [-0.1, -0.05) is 50.2 Å². The molecule has 2 aromatic rings. The summed E-state index contributed by atoms with van der Waals surface area (Å²) >= 11 is 0. The van der Waals surface area contributed by atoms with E-state index in [-0.39, 0.29) is 25.3 Å². The van der Waals surface area contributed by atoms with Crippen LogP contribution in [0.1, 0.15) is 38.9 Å². The molecule has 0 radical (unpaired) electrons. The van der Waals surface area contributed by atoms with E-state index in [1.54, 1.807) is 36.4 Å². The molecule has 0 heterocycles. The van der Waals surface area contributed by atoms with Crippen LogP contribution in [0.15, 0.2) is 48.5 Å². The number of carbonyl (C=O) groups is 1. The van der Waals surface area contributed by atoms with Gasteiger partial charge in [-0.3, -0.25) is 4.79 Å². The minimum absolute atomic E-state index is 0. The molecule has 0 fully saturated rings. The fraction of sp³-hybridized carbons (Fsp3) is 0.350. The molecule has 3 N–H and O–H groups in total. The Labute approximate surface area is 149 Å². The highest BCUT2D eigenvalue weighted by Gasteiger charge is 2.19. The fourth-order valence-electron chi connectivity index (χ4n) is 2.52. The van der Waals surface area contributed by atoms with Crippen molar-refractivity contribution < 1.29 is 15.7 Å². The highest BCUT2D eigenvalue weighted by Crippen LogP contribution is 2.22. The fourth-order valence-corrected chi connectivity index (χ4v) is 2.52. The maximum atomic E-state index is 14.2. The van der Waals surface area contributed by atoms with Gasteiger partial charge in [0.25, 0.3) is 0 Å². The van der Waals surface area contributed by atoms with E-state index >= 15 is 0 Å². The molecular weight excluding hydrogens is 319 g/mol. The number of carbonyl (C=O) groups excluding carboxylic acids is 1. The summed E-state index contributed by atoms with van der Waals surface area (Å²) in [5.41, 5.74) is 1.14. The Morgan fingerprint density at radius 3 is 2.52 bits per heavy atom. The van der Waals surface area contributed by atoms with Crippen molar-refractivity contribution in [3.8, 4) is 5.75 Å². The summed E-state index contributed by atoms with van der Waals surface area (Å²) in [5.74, 6) is 0.0392. The van der Waals surface area contributed by atoms with Crippen molar-refractivity contribution in [3.63, 3.8) is 0 Å². The average molecular weight is 346 g/mol. The molecule has 1 atom stereocenters. The highest BCUT2D eigenvalue weighted by atomic mass is 19.1. The lowest BCUT2D eigenvalue weighted by Gasteiger charge is -2.20. The van der Waals surface area contributed by atoms with Gasteiger partial charge >= 0.3 is 0 Å². The summed E-state index contributed by atoms with van der Waals surface area (Å²) < 4.78 is 14.2. The molecule has 0 aliphatic heterocycles. The highest BCUT2D eigenvalue weighted by molar-refractivity contribution is 5.76. The SMILES string of the molecule is CC(C)CNC(=O)CC(NCc1ccccc1O)c1ccccc1F.[HH]. The lowest BCUT2D eigenvalue weighted by Crippen LogP contribution is -2.32. The number of amides is 1. The Morgan fingerprint density at radius 2 is 1.84 bits per heavy atom. The molecule has 1 amide bonds. The van der Waals surface area contributed by atoms with Crippen LogP contribution in [-0.2, 0) is 11.3 Å². The van der Waals surface area contributed by atoms with Crippen LogP contribution in [0.3, 0.4) is 0 Å². The van der Waals surface area contributed by atoms with Gasteiger partial charge < -0.3 is 15.7 Å². The molecule has 0 bridgehead atoms. The van der Waals surface area contributed by atoms with Gasteiger partial charge in [0.05, 0.1) is 0 Å². The number of nitrogens with one attached hydrogen (secondary N) is 2. The van der Waals surface area contributed by atoms with Crippen molar-refractivity contribution >= 4 is 5.91 Å². The predicted octanol–water partition coefficient (Wildman–Crippen LogP) is 3.77. The standard InChI is InChI=1S/C20H25FN2O2.H2/c1-14(2)12-23-20(25)11-18(16-8-4-5-9-17(16)21)22-13-15-7-3-6-10-19(15)24;/h3-10,14,18,22,24H,11-13H2,1-2H3,(H,23,25);1H. The first kappa shape index (κ1) is 18.9. The number of para-hydroxylation sites is 1. The number of rotatable bonds is 8. The molecule has 2 aromatic carbocycles. The summed E-state index contributed by atoms with van der Waals surface area (Å²) in [5, 5.41) is 15.9. The Bertz CT molecular complexity index is 710. The van der Waals surface area contributed by atoms with Crippen LogP contribution in [0, 0.1) is 11.7 Å². The van der Waals surface area contributed by atoms with Crippen LogP contribution < -0.4 is 10.6 Å². The largest absolute Gasteiger partial charge is 0.508 e. The van der Waals surface area contributed by atoms with Gasteiger partial charge in [0.1, 0.15) is 11.6 Å². The third-order valence-corrected chi connectivity index (χ3v) is 3.91. The smallest absolute Gasteiger partial charge is 0.221 e. The van der Waals surface area contributed by atoms with Crippen LogP contribution in [0.2, 0.25) is 0 Å². The zero-order chi connectivity index (χ0) is 18.2. The monoisotopic (exact) mass is 346 g/mol. The first-order chi connectivity index (χ1) is 12.0. The van der Waals surface area contributed by atoms with Crippen LogP contribution in [0.25, 0.3) is 0 Å². The van der Waals surface area contributed by atoms with Gasteiger partial charge in [0.2, 0.25) is 5.91 Å². The van der Waals surface area contributed by atoms with Crippen LogP contribution in [0.4, 0.5) is 4.39 Å². The second-order valence-corrected chi connectivity index (χ2v) is 6.49. The van der Waals surface area contributed by atoms with Crippen molar-refractivity contribution in [2.45, 2.75) is 32.9 Å². The zero-order valence-electron chi connectivity index (χ0n) is 14.6. The molecule has 0 aromatic heterocycles. The van der Waals surface area contributed by atoms with Crippen molar-refractivity contribution in [1.29, 1.82) is 0 Å². The molecule has 25 heavy (non-hydrogen) atoms. The van der Waals surface area contributed by atoms with Gasteiger partial charge in [-0.25, -0.2) is 4.39 Å². The number of phenols is 1. The number of hydrogen-bond acceptors (Lipinski definition) is 3. The van der Waals surface area contributed by atoms with Crippen LogP contribution in [0.5, 0.6) is 5.75 Å². The van der Waals surface area contributed by atoms with Crippen molar-refractivity contribution in [2.75, 3.05) is 6.54 Å². The lowest BCUT2D eigenvalue weighted by atomic mass is 10.0. The molecule has 0 aliphatic carbocycles. The zero-order valence-corrected chi connectivity index (χ0v) is 14.6. The molecule has 0 saturated heterocycles. The maximum absolute atomic E-state index is 14.2. The average Bonchev–Trinajstić information content (AvgIpc) is 2.58. The molecule has 136 valence electrons. The van der Waals surface area contributed by atoms with E-state index in [4.69, 9.17) is 0 Å². The van der Waals surface area contributed by atoms with Crippen LogP contribution in [-0.4, -0.2) is 17.6 Å². The van der Waals surface area contributed by atoms with E-state index in [0.717, 1.165) is 0 Å². The maximum Gasteiger partial charge on any atom is 0.221 e. The quantitative estimate of drug-likeness (QED) is 0.682. The molecule has 1 unspecified atom stereocenters. The van der Waals surface area contributed by atoms with E-state index in [1.807, 2.05) is 19.9 Å². The normalized spacial score (nSPS) is 12.2. The number of hydrogen-bond donors (Lipinski definition) is 3. The molecular formula is C20H27FN2O2. The minimum Gasteiger partial charge on any atom is -0.508 e. The number of phenolic OH excluding ortho intramolecular Hbond substituents is 1. The van der Waals surface area contributed by atoms with Crippen LogP contribution >= 0.6 is 0 Å². The van der Waals surface area contributed by atoms with E-state index in [9.17, 15) is 14.3 Å². The summed E-state index contributed by atoms with van der Waals surface area (Å²) in [7, 11) is 0. The second-order valence-electron chi connectivity index (χ2n) is 6.49. The van der Waals surface area contributed by atoms with E-state index < -0.39 is 6.04 Å². The molecule has 4 nitrogen and oxygen atoms in total. The lowest BCUT2D eigenvalue weighted by molar-refractivity contribution is -0.121. The molecule has 0 spiro atoms. The predicted molar refractivity (Wildman–Crippen MR) is 98.7 cm³/mol. The minimum atomic E-state index is -0.479. The third kappa shape index (κ3) is 5.87. The Balaban J connectivity index is 0.00000338. The van der Waals surface area contributed by atoms with Gasteiger partial charge in [0, 0.05) is 38.1 Å². The number of aromatic hydroxyl groups is 1. The van der Waals surface area contributed by atoms with Gasteiger partial charge in [-0.2, -0.15) is 0 Å². The van der Waals surface area contributed by atoms with Crippen molar-refractivity contribution in [3.05, 3.63) is 65.5 Å². The summed E-state index contributed by atoms with van der Waals surface area (Å²) in [6.45, 7) is 4.96. The van der Waals surface area contributed by atoms with Gasteiger partial charge in [-0.15, -0.1) is 0 Å². The summed E-state index contributed by atoms with van der Waals surface area (Å²) in [4.78, 5) is 12.2. The van der Waals surface area contributed by atoms with E-state index in [1.165, 1.54) is 6.07 Å². The molecule has 0 aliphatic rings. The second kappa shape index (κ2) is 9.18. The van der Waals surface area contributed by atoms with Crippen molar-refractivity contribution in [2.24, 2.45) is 5.92 Å². The van der Waals surface area contributed by atoms with E-state index in [0.29, 0.717) is 30.1 Å². The summed E-state index contributed by atoms with van der Waals surface area (Å²) in [6, 6.07) is 12.9. The van der Waals surface area contributed by atoms with E-state index in [2.05, 4.69) is 10.6 Å². The third-order valence-electron chi connectivity index (χ3n) is 3.91. The Kier molecular flexibility index (Phi) is 6.95.